The Kier molecular flexibility index (Phi) is 5.61. The van der Waals surface area contributed by atoms with Gasteiger partial charge in [-0.3, -0.25) is 9.48 Å². The minimum absolute atomic E-state index is 0.153. The smallest absolute Gasteiger partial charge is 0.157 e. The molecule has 172 valence electrons. The van der Waals surface area contributed by atoms with E-state index in [1.165, 1.54) is 32.1 Å². The number of nitrogens with zero attached hydrogens (tertiary/aromatic N) is 2. The quantitative estimate of drug-likeness (QED) is 0.628. The van der Waals surface area contributed by atoms with Crippen LogP contribution >= 0.6 is 11.8 Å². The lowest BCUT2D eigenvalue weighted by atomic mass is 9.48. The molecule has 1 unspecified atom stereocenters. The summed E-state index contributed by atoms with van der Waals surface area (Å²) in [7, 11) is 0. The highest BCUT2D eigenvalue weighted by atomic mass is 32.2. The molecule has 0 aliphatic heterocycles. The van der Waals surface area contributed by atoms with Crippen LogP contribution in [0, 0.1) is 46.8 Å². The number of ketones is 1. The van der Waals surface area contributed by atoms with Gasteiger partial charge in [0.25, 0.3) is 0 Å². The van der Waals surface area contributed by atoms with E-state index < -0.39 is 5.60 Å². The largest absolute Gasteiger partial charge is 0.390 e. The molecule has 4 aliphatic carbocycles. The molecular formula is C26H40N2O2S. The Morgan fingerprint density at radius 2 is 1.97 bits per heavy atom. The first-order valence-corrected chi connectivity index (χ1v) is 13.8. The Hall–Kier alpha value is -0.810. The van der Waals surface area contributed by atoms with Crippen molar-refractivity contribution >= 4 is 17.5 Å². The van der Waals surface area contributed by atoms with Crippen LogP contribution in [-0.2, 0) is 11.3 Å². The Labute approximate surface area is 191 Å². The predicted octanol–water partition coefficient (Wildman–Crippen LogP) is 5.44. The van der Waals surface area contributed by atoms with E-state index in [4.69, 9.17) is 0 Å². The highest BCUT2D eigenvalue weighted by Gasteiger charge is 2.60. The normalized spacial score (nSPS) is 46.8. The van der Waals surface area contributed by atoms with Crippen LogP contribution in [0.15, 0.2) is 17.3 Å². The van der Waals surface area contributed by atoms with Crippen molar-refractivity contribution in [1.29, 1.82) is 0 Å². The molecule has 0 spiro atoms. The number of Topliss-reactive ketones (excluding diaryl/α,β-unsaturated/α-hetero) is 1. The highest BCUT2D eigenvalue weighted by molar-refractivity contribution is 7.98. The molecule has 1 aromatic heterocycles. The van der Waals surface area contributed by atoms with Gasteiger partial charge in [0.05, 0.1) is 18.3 Å². The Bertz CT molecular complexity index is 835. The minimum atomic E-state index is -0.446. The Balaban J connectivity index is 1.33. The second kappa shape index (κ2) is 7.90. The summed E-state index contributed by atoms with van der Waals surface area (Å²) in [5.74, 6) is 5.02. The predicted molar refractivity (Wildman–Crippen MR) is 125 cm³/mol. The molecule has 1 N–H and O–H groups in total. The third kappa shape index (κ3) is 3.72. The number of thioether (sulfide) groups is 1. The molecule has 1 heterocycles. The van der Waals surface area contributed by atoms with Crippen molar-refractivity contribution in [2.75, 3.05) is 6.26 Å². The van der Waals surface area contributed by atoms with Crippen LogP contribution in [0.25, 0.3) is 0 Å². The van der Waals surface area contributed by atoms with Gasteiger partial charge in [-0.15, -0.1) is 11.8 Å². The summed E-state index contributed by atoms with van der Waals surface area (Å²) in [6, 6.07) is 0. The lowest BCUT2D eigenvalue weighted by Gasteiger charge is -2.57. The van der Waals surface area contributed by atoms with Crippen molar-refractivity contribution in [2.24, 2.45) is 46.8 Å². The number of aromatic nitrogens is 2. The van der Waals surface area contributed by atoms with E-state index in [2.05, 4.69) is 18.9 Å². The van der Waals surface area contributed by atoms with Gasteiger partial charge in [-0.05, 0) is 105 Å². The minimum Gasteiger partial charge on any atom is -0.390 e. The molecule has 4 fully saturated rings. The van der Waals surface area contributed by atoms with Crippen molar-refractivity contribution in [3.63, 3.8) is 0 Å². The molecule has 4 aliphatic rings. The average molecular weight is 445 g/mol. The van der Waals surface area contributed by atoms with E-state index in [0.29, 0.717) is 30.1 Å². The molecule has 0 aromatic carbocycles. The van der Waals surface area contributed by atoms with Gasteiger partial charge in [-0.2, -0.15) is 5.10 Å². The second-order valence-corrected chi connectivity index (χ2v) is 12.8. The van der Waals surface area contributed by atoms with Gasteiger partial charge >= 0.3 is 0 Å². The number of aliphatic hydroxyl groups is 1. The first-order chi connectivity index (χ1) is 14.7. The molecule has 0 saturated heterocycles. The lowest BCUT2D eigenvalue weighted by molar-refractivity contribution is -0.133. The van der Waals surface area contributed by atoms with Gasteiger partial charge < -0.3 is 5.11 Å². The Morgan fingerprint density at radius 1 is 1.19 bits per heavy atom. The van der Waals surface area contributed by atoms with Crippen molar-refractivity contribution in [3.05, 3.63) is 12.4 Å². The number of carbonyl (C=O) groups is 1. The topological polar surface area (TPSA) is 55.1 Å². The summed E-state index contributed by atoms with van der Waals surface area (Å²) in [5.41, 5.74) is -0.294. The highest BCUT2D eigenvalue weighted by Crippen LogP contribution is 2.66. The van der Waals surface area contributed by atoms with E-state index >= 15 is 0 Å². The van der Waals surface area contributed by atoms with Gasteiger partial charge in [-0.1, -0.05) is 13.8 Å². The maximum atomic E-state index is 13.5. The number of fused-ring (bicyclic) bond motifs is 5. The third-order valence-electron chi connectivity index (χ3n) is 10.1. The molecule has 1 aromatic rings. The van der Waals surface area contributed by atoms with Gasteiger partial charge in [0.2, 0.25) is 0 Å². The third-order valence-corrected chi connectivity index (χ3v) is 10.8. The maximum absolute atomic E-state index is 13.5. The number of carbonyl (C=O) groups excluding carboxylic acids is 1. The van der Waals surface area contributed by atoms with E-state index in [0.717, 1.165) is 41.9 Å². The van der Waals surface area contributed by atoms with Crippen LogP contribution in [-0.4, -0.2) is 32.5 Å². The van der Waals surface area contributed by atoms with E-state index in [1.54, 1.807) is 11.8 Å². The van der Waals surface area contributed by atoms with Crippen LogP contribution in [0.2, 0.25) is 0 Å². The summed E-state index contributed by atoms with van der Waals surface area (Å²) in [4.78, 5) is 14.6. The van der Waals surface area contributed by atoms with E-state index in [-0.39, 0.29) is 11.3 Å². The zero-order chi connectivity index (χ0) is 22.0. The summed E-state index contributed by atoms with van der Waals surface area (Å²) in [6.45, 7) is 7.35. The van der Waals surface area contributed by atoms with E-state index in [1.807, 2.05) is 30.3 Å². The van der Waals surface area contributed by atoms with Crippen molar-refractivity contribution in [3.8, 4) is 0 Å². The molecule has 0 bridgehead atoms. The summed E-state index contributed by atoms with van der Waals surface area (Å²) in [5, 5.41) is 15.1. The first kappa shape index (κ1) is 22.0. The lowest BCUT2D eigenvalue weighted by Crippen LogP contribution is -2.51. The zero-order valence-electron chi connectivity index (χ0n) is 19.7. The zero-order valence-corrected chi connectivity index (χ0v) is 20.5. The SMILES string of the molecule is CSc1cnn(CC(=O)[C@H]2C[C@@H](C)[C@H]3[C@@H]4CC[C@@H]5C[C@](C)(O)CCC5[C@H]4CC[C@@]32C)c1. The summed E-state index contributed by atoms with van der Waals surface area (Å²) in [6.07, 6.45) is 15.2. The van der Waals surface area contributed by atoms with Crippen molar-refractivity contribution in [1.82, 2.24) is 9.78 Å². The monoisotopic (exact) mass is 444 g/mol. The van der Waals surface area contributed by atoms with Crippen LogP contribution in [0.5, 0.6) is 0 Å². The molecule has 5 rings (SSSR count). The standard InChI is InChI=1S/C26H40N2O2S/c1-16-11-22(23(29)15-28-14-18(31-4)13-27-28)26(3)10-8-20-19-7-9-25(2,30)12-17(19)5-6-21(20)24(16)26/h13-14,16-17,19-22,24,30H,5-12,15H2,1-4H3/t16-,17-,19?,20-,21-,22-,24+,25-,26-/m1/s1. The molecule has 4 nitrogen and oxygen atoms in total. The van der Waals surface area contributed by atoms with Gasteiger partial charge in [-0.25, -0.2) is 0 Å². The molecule has 9 atom stereocenters. The number of rotatable bonds is 4. The van der Waals surface area contributed by atoms with Gasteiger partial charge in [0.1, 0.15) is 0 Å². The van der Waals surface area contributed by atoms with Crippen molar-refractivity contribution < 1.29 is 9.90 Å². The van der Waals surface area contributed by atoms with Gasteiger partial charge in [0.15, 0.2) is 5.78 Å². The summed E-state index contributed by atoms with van der Waals surface area (Å²) >= 11 is 1.68. The molecule has 5 heteroatoms. The fourth-order valence-corrected chi connectivity index (χ4v) is 9.31. The van der Waals surface area contributed by atoms with Crippen LogP contribution in [0.3, 0.4) is 0 Å². The second-order valence-electron chi connectivity index (χ2n) is 11.9. The fourth-order valence-electron chi connectivity index (χ4n) is 8.93. The average Bonchev–Trinajstić information content (AvgIpc) is 3.28. The molecule has 0 radical (unpaired) electrons. The number of hydrogen-bond acceptors (Lipinski definition) is 4. The molecular weight excluding hydrogens is 404 g/mol. The first-order valence-electron chi connectivity index (χ1n) is 12.5. The molecule has 4 saturated carbocycles. The number of hydrogen-bond donors (Lipinski definition) is 1. The van der Waals surface area contributed by atoms with Crippen LogP contribution in [0.1, 0.15) is 72.1 Å². The maximum Gasteiger partial charge on any atom is 0.157 e. The Morgan fingerprint density at radius 3 is 2.71 bits per heavy atom. The van der Waals surface area contributed by atoms with Crippen LogP contribution in [0.4, 0.5) is 0 Å². The summed E-state index contributed by atoms with van der Waals surface area (Å²) < 4.78 is 1.85. The van der Waals surface area contributed by atoms with E-state index in [9.17, 15) is 9.90 Å². The molecule has 0 amide bonds. The van der Waals surface area contributed by atoms with Crippen LogP contribution < -0.4 is 0 Å². The fraction of sp³-hybridized carbons (Fsp3) is 0.846. The van der Waals surface area contributed by atoms with Crippen molar-refractivity contribution in [2.45, 2.75) is 89.2 Å². The van der Waals surface area contributed by atoms with Gasteiger partial charge in [0, 0.05) is 17.0 Å². The molecule has 31 heavy (non-hydrogen) atoms.